The summed E-state index contributed by atoms with van der Waals surface area (Å²) in [6, 6.07) is 4.89. The molecule has 6 nitrogen and oxygen atoms in total. The van der Waals surface area contributed by atoms with Crippen molar-refractivity contribution >= 4 is 11.9 Å². The fraction of sp³-hybridized carbons (Fsp3) is 0.500. The van der Waals surface area contributed by atoms with Crippen molar-refractivity contribution in [3.05, 3.63) is 23.8 Å². The van der Waals surface area contributed by atoms with Crippen LogP contribution in [0.5, 0.6) is 11.5 Å². The third-order valence-electron chi connectivity index (χ3n) is 3.24. The molecule has 1 heterocycles. The maximum Gasteiger partial charge on any atom is 0.338 e. The van der Waals surface area contributed by atoms with E-state index in [0.717, 1.165) is 12.8 Å². The lowest BCUT2D eigenvalue weighted by molar-refractivity contribution is -0.124. The summed E-state index contributed by atoms with van der Waals surface area (Å²) in [5.74, 6) is 0.262. The van der Waals surface area contributed by atoms with E-state index in [4.69, 9.17) is 14.2 Å². The van der Waals surface area contributed by atoms with E-state index in [1.54, 1.807) is 18.2 Å². The van der Waals surface area contributed by atoms with Crippen LogP contribution in [-0.4, -0.2) is 37.7 Å². The first-order chi connectivity index (χ1) is 10.6. The molecule has 1 amide bonds. The van der Waals surface area contributed by atoms with E-state index in [-0.39, 0.29) is 18.6 Å². The van der Waals surface area contributed by atoms with Gasteiger partial charge in [-0.05, 0) is 31.5 Å². The molecular weight excluding hydrogens is 286 g/mol. The molecule has 6 heteroatoms. The van der Waals surface area contributed by atoms with Gasteiger partial charge in [-0.15, -0.1) is 0 Å². The lowest BCUT2D eigenvalue weighted by atomic mass is 10.2. The largest absolute Gasteiger partial charge is 0.486 e. The molecule has 1 N–H and O–H groups in total. The maximum absolute atomic E-state index is 11.9. The highest BCUT2D eigenvalue weighted by Gasteiger charge is 2.17. The maximum atomic E-state index is 11.9. The van der Waals surface area contributed by atoms with Gasteiger partial charge < -0.3 is 19.5 Å². The first-order valence-corrected chi connectivity index (χ1v) is 7.46. The molecule has 0 saturated carbocycles. The van der Waals surface area contributed by atoms with Gasteiger partial charge in [-0.2, -0.15) is 0 Å². The molecule has 0 bridgehead atoms. The van der Waals surface area contributed by atoms with E-state index < -0.39 is 5.97 Å². The number of esters is 1. The average molecular weight is 307 g/mol. The Labute approximate surface area is 129 Å². The fourth-order valence-corrected chi connectivity index (χ4v) is 2.21. The standard InChI is InChI=1S/C16H21NO5/c1-3-4-11(2)17-15(18)10-22-16(19)12-5-6-13-14(9-12)21-8-7-20-13/h5-6,9,11H,3-4,7-8,10H2,1-2H3,(H,17,18)/t11-/m1/s1. The van der Waals surface area contributed by atoms with Crippen LogP contribution in [0.25, 0.3) is 0 Å². The predicted octanol–water partition coefficient (Wildman–Crippen LogP) is 1.92. The van der Waals surface area contributed by atoms with Gasteiger partial charge in [-0.25, -0.2) is 4.79 Å². The summed E-state index contributed by atoms with van der Waals surface area (Å²) >= 11 is 0. The zero-order chi connectivity index (χ0) is 15.9. The van der Waals surface area contributed by atoms with Gasteiger partial charge in [0.15, 0.2) is 18.1 Å². The number of hydrogen-bond acceptors (Lipinski definition) is 5. The SMILES string of the molecule is CCC[C@@H](C)NC(=O)COC(=O)c1ccc2c(c1)OCCO2. The van der Waals surface area contributed by atoms with Crippen LogP contribution in [0.3, 0.4) is 0 Å². The third-order valence-corrected chi connectivity index (χ3v) is 3.24. The summed E-state index contributed by atoms with van der Waals surface area (Å²) in [7, 11) is 0. The summed E-state index contributed by atoms with van der Waals surface area (Å²) in [6.45, 7) is 4.62. The summed E-state index contributed by atoms with van der Waals surface area (Å²) in [4.78, 5) is 23.6. The first-order valence-electron chi connectivity index (χ1n) is 7.46. The van der Waals surface area contributed by atoms with E-state index in [1.807, 2.05) is 13.8 Å². The smallest absolute Gasteiger partial charge is 0.338 e. The Morgan fingerprint density at radius 1 is 1.27 bits per heavy atom. The molecule has 1 aromatic rings. The zero-order valence-electron chi connectivity index (χ0n) is 12.9. The minimum Gasteiger partial charge on any atom is -0.486 e. The summed E-state index contributed by atoms with van der Waals surface area (Å²) in [5.41, 5.74) is 0.332. The van der Waals surface area contributed by atoms with E-state index >= 15 is 0 Å². The Kier molecular flexibility index (Phi) is 5.63. The number of carbonyl (C=O) groups is 2. The summed E-state index contributed by atoms with van der Waals surface area (Å²) in [5, 5.41) is 2.78. The molecule has 0 unspecified atom stereocenters. The number of carbonyl (C=O) groups excluding carboxylic acids is 2. The number of nitrogens with one attached hydrogen (secondary N) is 1. The number of hydrogen-bond donors (Lipinski definition) is 1. The van der Waals surface area contributed by atoms with Crippen LogP contribution in [0.4, 0.5) is 0 Å². The second kappa shape index (κ2) is 7.68. The fourth-order valence-electron chi connectivity index (χ4n) is 2.21. The molecule has 1 atom stereocenters. The van der Waals surface area contributed by atoms with Crippen molar-refractivity contribution in [1.82, 2.24) is 5.32 Å². The average Bonchev–Trinajstić information content (AvgIpc) is 2.52. The highest BCUT2D eigenvalue weighted by atomic mass is 16.6. The second-order valence-electron chi connectivity index (χ2n) is 5.19. The highest BCUT2D eigenvalue weighted by Crippen LogP contribution is 2.30. The molecule has 1 aromatic carbocycles. The van der Waals surface area contributed by atoms with Crippen molar-refractivity contribution < 1.29 is 23.8 Å². The number of amides is 1. The molecular formula is C16H21NO5. The molecule has 0 radical (unpaired) electrons. The lowest BCUT2D eigenvalue weighted by Crippen LogP contribution is -2.35. The number of ether oxygens (including phenoxy) is 3. The second-order valence-corrected chi connectivity index (χ2v) is 5.19. The number of rotatable bonds is 6. The van der Waals surface area contributed by atoms with E-state index in [0.29, 0.717) is 30.3 Å². The van der Waals surface area contributed by atoms with Crippen molar-refractivity contribution in [2.75, 3.05) is 19.8 Å². The Bertz CT molecular complexity index is 543. The molecule has 0 fully saturated rings. The number of benzene rings is 1. The lowest BCUT2D eigenvalue weighted by Gasteiger charge is -2.18. The Hall–Kier alpha value is -2.24. The van der Waals surface area contributed by atoms with Gasteiger partial charge in [0.05, 0.1) is 5.56 Å². The van der Waals surface area contributed by atoms with Crippen molar-refractivity contribution in [3.8, 4) is 11.5 Å². The predicted molar refractivity (Wildman–Crippen MR) is 80.2 cm³/mol. The minimum atomic E-state index is -0.560. The van der Waals surface area contributed by atoms with E-state index in [2.05, 4.69) is 5.32 Å². The van der Waals surface area contributed by atoms with Crippen LogP contribution in [0.2, 0.25) is 0 Å². The van der Waals surface area contributed by atoms with Crippen LogP contribution in [0.1, 0.15) is 37.0 Å². The van der Waals surface area contributed by atoms with Crippen LogP contribution in [-0.2, 0) is 9.53 Å². The molecule has 0 aromatic heterocycles. The summed E-state index contributed by atoms with van der Waals surface area (Å²) in [6.07, 6.45) is 1.88. The van der Waals surface area contributed by atoms with Gasteiger partial charge in [-0.3, -0.25) is 4.79 Å². The summed E-state index contributed by atoms with van der Waals surface area (Å²) < 4.78 is 15.8. The Morgan fingerprint density at radius 3 is 2.73 bits per heavy atom. The molecule has 1 aliphatic rings. The molecule has 22 heavy (non-hydrogen) atoms. The van der Waals surface area contributed by atoms with Crippen LogP contribution < -0.4 is 14.8 Å². The number of fused-ring (bicyclic) bond motifs is 1. The first kappa shape index (κ1) is 16.1. The van der Waals surface area contributed by atoms with Gasteiger partial charge in [0, 0.05) is 6.04 Å². The van der Waals surface area contributed by atoms with Crippen molar-refractivity contribution in [1.29, 1.82) is 0 Å². The van der Waals surface area contributed by atoms with Gasteiger partial charge in [0.2, 0.25) is 0 Å². The molecule has 1 aliphatic heterocycles. The monoisotopic (exact) mass is 307 g/mol. The molecule has 0 spiro atoms. The quantitative estimate of drug-likeness (QED) is 0.813. The van der Waals surface area contributed by atoms with Crippen LogP contribution >= 0.6 is 0 Å². The van der Waals surface area contributed by atoms with Crippen LogP contribution in [0.15, 0.2) is 18.2 Å². The van der Waals surface area contributed by atoms with Crippen molar-refractivity contribution in [3.63, 3.8) is 0 Å². The van der Waals surface area contributed by atoms with Crippen molar-refractivity contribution in [2.45, 2.75) is 32.7 Å². The van der Waals surface area contributed by atoms with Gasteiger partial charge in [0.1, 0.15) is 13.2 Å². The molecule has 0 aliphatic carbocycles. The Balaban J connectivity index is 1.86. The molecule has 120 valence electrons. The molecule has 2 rings (SSSR count). The topological polar surface area (TPSA) is 73.9 Å². The van der Waals surface area contributed by atoms with E-state index in [9.17, 15) is 9.59 Å². The zero-order valence-corrected chi connectivity index (χ0v) is 12.9. The van der Waals surface area contributed by atoms with Gasteiger partial charge in [-0.1, -0.05) is 13.3 Å². The van der Waals surface area contributed by atoms with Crippen molar-refractivity contribution in [2.24, 2.45) is 0 Å². The van der Waals surface area contributed by atoms with E-state index in [1.165, 1.54) is 0 Å². The van der Waals surface area contributed by atoms with Crippen LogP contribution in [0, 0.1) is 0 Å². The normalized spacial score (nSPS) is 14.1. The Morgan fingerprint density at radius 2 is 2.00 bits per heavy atom. The molecule has 0 saturated heterocycles. The van der Waals surface area contributed by atoms with Gasteiger partial charge in [0.25, 0.3) is 5.91 Å². The third kappa shape index (κ3) is 4.38. The highest BCUT2D eigenvalue weighted by molar-refractivity contribution is 5.92. The minimum absolute atomic E-state index is 0.0745. The van der Waals surface area contributed by atoms with Gasteiger partial charge >= 0.3 is 5.97 Å².